The first-order chi connectivity index (χ1) is 11.5. The molecule has 1 saturated heterocycles. The molecule has 0 radical (unpaired) electrons. The van der Waals surface area contributed by atoms with Crippen LogP contribution in [0.4, 0.5) is 17.3 Å². The quantitative estimate of drug-likeness (QED) is 0.684. The van der Waals surface area contributed by atoms with Crippen molar-refractivity contribution in [3.63, 3.8) is 0 Å². The van der Waals surface area contributed by atoms with Crippen molar-refractivity contribution in [3.8, 4) is 0 Å². The summed E-state index contributed by atoms with van der Waals surface area (Å²) in [6, 6.07) is 6.00. The van der Waals surface area contributed by atoms with E-state index in [0.717, 1.165) is 31.7 Å². The topological polar surface area (TPSA) is 101 Å². The lowest BCUT2D eigenvalue weighted by Crippen LogP contribution is -2.20. The Labute approximate surface area is 138 Å². The van der Waals surface area contributed by atoms with Crippen LogP contribution in [-0.4, -0.2) is 33.9 Å². The van der Waals surface area contributed by atoms with Crippen LogP contribution in [0.2, 0.25) is 0 Å². The number of rotatable bonds is 4. The zero-order valence-corrected chi connectivity index (χ0v) is 13.2. The molecule has 2 aromatic rings. The fourth-order valence-electron chi connectivity index (χ4n) is 2.72. The summed E-state index contributed by atoms with van der Waals surface area (Å²) in [5.41, 5.74) is 0.775. The van der Waals surface area contributed by atoms with Crippen molar-refractivity contribution in [3.05, 3.63) is 51.8 Å². The molecule has 1 aliphatic heterocycles. The van der Waals surface area contributed by atoms with E-state index in [0.29, 0.717) is 16.9 Å². The Balaban J connectivity index is 1.76. The molecule has 0 aliphatic carbocycles. The van der Waals surface area contributed by atoms with Gasteiger partial charge in [-0.15, -0.1) is 0 Å². The molecule has 0 unspecified atom stereocenters. The smallest absolute Gasteiger partial charge is 0.272 e. The number of benzene rings is 1. The molecule has 1 aromatic heterocycles. The summed E-state index contributed by atoms with van der Waals surface area (Å²) in [6.45, 7) is 3.50. The lowest BCUT2D eigenvalue weighted by Gasteiger charge is -2.16. The minimum Gasteiger partial charge on any atom is -0.356 e. The third-order valence-electron chi connectivity index (χ3n) is 3.98. The summed E-state index contributed by atoms with van der Waals surface area (Å²) in [7, 11) is 0. The zero-order chi connectivity index (χ0) is 17.1. The maximum Gasteiger partial charge on any atom is 0.272 e. The molecule has 1 aromatic carbocycles. The molecule has 0 atom stereocenters. The molecule has 2 heterocycles. The highest BCUT2D eigenvalue weighted by Crippen LogP contribution is 2.21. The average molecular weight is 327 g/mol. The molecule has 3 rings (SSSR count). The number of hydrogen-bond donors (Lipinski definition) is 1. The van der Waals surface area contributed by atoms with Crippen LogP contribution in [0.3, 0.4) is 0 Å². The Bertz CT molecular complexity index is 787. The van der Waals surface area contributed by atoms with Gasteiger partial charge in [0.15, 0.2) is 0 Å². The second-order valence-corrected chi connectivity index (χ2v) is 5.67. The normalized spacial score (nSPS) is 13.8. The summed E-state index contributed by atoms with van der Waals surface area (Å²) in [4.78, 5) is 33.1. The van der Waals surface area contributed by atoms with Crippen LogP contribution in [0, 0.1) is 17.0 Å². The molecule has 0 bridgehead atoms. The van der Waals surface area contributed by atoms with E-state index in [9.17, 15) is 14.9 Å². The fourth-order valence-corrected chi connectivity index (χ4v) is 2.72. The largest absolute Gasteiger partial charge is 0.356 e. The molecule has 8 nitrogen and oxygen atoms in total. The second kappa shape index (κ2) is 6.61. The minimum absolute atomic E-state index is 0.00935. The maximum atomic E-state index is 12.3. The van der Waals surface area contributed by atoms with Gasteiger partial charge in [-0.05, 0) is 31.9 Å². The van der Waals surface area contributed by atoms with Gasteiger partial charge in [0, 0.05) is 36.3 Å². The van der Waals surface area contributed by atoms with Crippen LogP contribution in [0.1, 0.15) is 28.8 Å². The highest BCUT2D eigenvalue weighted by atomic mass is 16.6. The summed E-state index contributed by atoms with van der Waals surface area (Å²) < 4.78 is 0. The molecule has 24 heavy (non-hydrogen) atoms. The Hall–Kier alpha value is -3.03. The van der Waals surface area contributed by atoms with E-state index < -0.39 is 4.92 Å². The number of nitrogens with zero attached hydrogens (tertiary/aromatic N) is 4. The van der Waals surface area contributed by atoms with Gasteiger partial charge in [0.25, 0.3) is 11.6 Å². The summed E-state index contributed by atoms with van der Waals surface area (Å²) in [5, 5.41) is 13.6. The molecule has 124 valence electrons. The first-order valence-electron chi connectivity index (χ1n) is 7.68. The Morgan fingerprint density at radius 3 is 2.67 bits per heavy atom. The predicted molar refractivity (Wildman–Crippen MR) is 89.3 cm³/mol. The molecule has 8 heteroatoms. The summed E-state index contributed by atoms with van der Waals surface area (Å²) in [5.74, 6) is 0.838. The zero-order valence-electron chi connectivity index (χ0n) is 13.2. The molecular formula is C16H17N5O3. The standard InChI is InChI=1S/C16H17N5O3/c1-11-8-12(4-5-13(11)21(23)24)16(22)19-14-9-15(18-10-17-14)20-6-2-3-7-20/h4-5,8-10H,2-3,6-7H2,1H3,(H,17,18,19,22). The van der Waals surface area contributed by atoms with Crippen molar-refractivity contribution in [2.45, 2.75) is 19.8 Å². The highest BCUT2D eigenvalue weighted by molar-refractivity contribution is 6.04. The van der Waals surface area contributed by atoms with Crippen LogP contribution < -0.4 is 10.2 Å². The number of carbonyl (C=O) groups excluding carboxylic acids is 1. The van der Waals surface area contributed by atoms with Gasteiger partial charge in [0.05, 0.1) is 4.92 Å². The van der Waals surface area contributed by atoms with Crippen molar-refractivity contribution in [1.82, 2.24) is 9.97 Å². The van der Waals surface area contributed by atoms with Crippen LogP contribution in [0.25, 0.3) is 0 Å². The number of nitro benzene ring substituents is 1. The lowest BCUT2D eigenvalue weighted by atomic mass is 10.1. The Morgan fingerprint density at radius 2 is 2.00 bits per heavy atom. The molecular weight excluding hydrogens is 310 g/mol. The van der Waals surface area contributed by atoms with E-state index in [4.69, 9.17) is 0 Å². The molecule has 1 aliphatic rings. The molecule has 0 spiro atoms. The van der Waals surface area contributed by atoms with Gasteiger partial charge in [-0.2, -0.15) is 0 Å². The van der Waals surface area contributed by atoms with Gasteiger partial charge >= 0.3 is 0 Å². The first-order valence-corrected chi connectivity index (χ1v) is 7.68. The van der Waals surface area contributed by atoms with Crippen molar-refractivity contribution in [2.24, 2.45) is 0 Å². The second-order valence-electron chi connectivity index (χ2n) is 5.67. The number of carbonyl (C=O) groups is 1. The molecule has 1 N–H and O–H groups in total. The van der Waals surface area contributed by atoms with Crippen molar-refractivity contribution < 1.29 is 9.72 Å². The number of amides is 1. The van der Waals surface area contributed by atoms with Gasteiger partial charge in [-0.25, -0.2) is 9.97 Å². The fraction of sp³-hybridized carbons (Fsp3) is 0.312. The third kappa shape index (κ3) is 3.32. The molecule has 0 saturated carbocycles. The Kier molecular flexibility index (Phi) is 4.37. The van der Waals surface area contributed by atoms with Gasteiger partial charge in [-0.3, -0.25) is 14.9 Å². The van der Waals surface area contributed by atoms with Gasteiger partial charge < -0.3 is 10.2 Å². The number of nitrogens with one attached hydrogen (secondary N) is 1. The summed E-state index contributed by atoms with van der Waals surface area (Å²) in [6.07, 6.45) is 3.69. The van der Waals surface area contributed by atoms with E-state index in [1.54, 1.807) is 13.0 Å². The van der Waals surface area contributed by atoms with Crippen molar-refractivity contribution in [1.29, 1.82) is 0 Å². The maximum absolute atomic E-state index is 12.3. The Morgan fingerprint density at radius 1 is 1.25 bits per heavy atom. The van der Waals surface area contributed by atoms with Crippen LogP contribution >= 0.6 is 0 Å². The number of nitro groups is 1. The highest BCUT2D eigenvalue weighted by Gasteiger charge is 2.16. The number of aromatic nitrogens is 2. The molecule has 1 fully saturated rings. The van der Waals surface area contributed by atoms with Crippen LogP contribution in [0.15, 0.2) is 30.6 Å². The van der Waals surface area contributed by atoms with Gasteiger partial charge in [0.1, 0.15) is 18.0 Å². The van der Waals surface area contributed by atoms with E-state index in [-0.39, 0.29) is 11.6 Å². The predicted octanol–water partition coefficient (Wildman–Crippen LogP) is 2.55. The van der Waals surface area contributed by atoms with E-state index in [1.807, 2.05) is 0 Å². The number of hydrogen-bond acceptors (Lipinski definition) is 6. The molecule has 1 amide bonds. The SMILES string of the molecule is Cc1cc(C(=O)Nc2cc(N3CCCC3)ncn2)ccc1[N+](=O)[O-]. The number of anilines is 2. The van der Waals surface area contributed by atoms with Crippen molar-refractivity contribution in [2.75, 3.05) is 23.3 Å². The third-order valence-corrected chi connectivity index (χ3v) is 3.98. The average Bonchev–Trinajstić information content (AvgIpc) is 3.09. The van der Waals surface area contributed by atoms with Gasteiger partial charge in [0.2, 0.25) is 0 Å². The minimum atomic E-state index is -0.468. The monoisotopic (exact) mass is 327 g/mol. The summed E-state index contributed by atoms with van der Waals surface area (Å²) >= 11 is 0. The first kappa shape index (κ1) is 15.9. The van der Waals surface area contributed by atoms with Gasteiger partial charge in [-0.1, -0.05) is 0 Å². The van der Waals surface area contributed by atoms with Crippen LogP contribution in [-0.2, 0) is 0 Å². The van der Waals surface area contributed by atoms with E-state index in [1.165, 1.54) is 24.5 Å². The van der Waals surface area contributed by atoms with E-state index >= 15 is 0 Å². The van der Waals surface area contributed by atoms with Crippen molar-refractivity contribution >= 4 is 23.2 Å². The van der Waals surface area contributed by atoms with Crippen LogP contribution in [0.5, 0.6) is 0 Å². The lowest BCUT2D eigenvalue weighted by molar-refractivity contribution is -0.385. The van der Waals surface area contributed by atoms with E-state index in [2.05, 4.69) is 20.2 Å². The number of aryl methyl sites for hydroxylation is 1.